The zero-order valence-corrected chi connectivity index (χ0v) is 9.53. The molecule has 1 aromatic heterocycles. The van der Waals surface area contributed by atoms with Crippen LogP contribution in [0.5, 0.6) is 0 Å². The topological polar surface area (TPSA) is 27.1 Å². The highest BCUT2D eigenvalue weighted by Gasteiger charge is 2.48. The number of nitrogens with zero attached hydrogens (tertiary/aromatic N) is 2. The van der Waals surface area contributed by atoms with E-state index in [-0.39, 0.29) is 5.60 Å². The van der Waals surface area contributed by atoms with Crippen molar-refractivity contribution in [3.05, 3.63) is 16.9 Å². The average Bonchev–Trinajstić information content (AvgIpc) is 2.78. The van der Waals surface area contributed by atoms with E-state index in [9.17, 15) is 0 Å². The van der Waals surface area contributed by atoms with E-state index in [4.69, 9.17) is 4.74 Å². The molecule has 1 spiro atoms. The lowest BCUT2D eigenvalue weighted by Gasteiger charge is -2.29. The molecule has 1 aromatic rings. The van der Waals surface area contributed by atoms with Gasteiger partial charge in [0.25, 0.3) is 0 Å². The van der Waals surface area contributed by atoms with Gasteiger partial charge in [0.1, 0.15) is 0 Å². The Morgan fingerprint density at radius 1 is 1.57 bits per heavy atom. The summed E-state index contributed by atoms with van der Waals surface area (Å²) in [7, 11) is 0. The zero-order chi connectivity index (χ0) is 9.60. The second-order valence-corrected chi connectivity index (χ2v) is 5.23. The second-order valence-electron chi connectivity index (χ2n) is 4.32. The van der Waals surface area contributed by atoms with Crippen molar-refractivity contribution in [2.24, 2.45) is 0 Å². The summed E-state index contributed by atoms with van der Waals surface area (Å²) >= 11 is 3.43. The summed E-state index contributed by atoms with van der Waals surface area (Å²) in [6.07, 6.45) is 8.63. The van der Waals surface area contributed by atoms with Gasteiger partial charge >= 0.3 is 0 Å². The summed E-state index contributed by atoms with van der Waals surface area (Å²) in [5, 5.41) is 4.35. The van der Waals surface area contributed by atoms with Crippen molar-refractivity contribution in [2.45, 2.75) is 37.3 Å². The van der Waals surface area contributed by atoms with E-state index in [1.54, 1.807) is 0 Å². The predicted octanol–water partition coefficient (Wildman–Crippen LogP) is 2.53. The lowest BCUT2D eigenvalue weighted by Crippen LogP contribution is -2.29. The third-order valence-corrected chi connectivity index (χ3v) is 3.63. The van der Waals surface area contributed by atoms with Crippen molar-refractivity contribution in [3.63, 3.8) is 0 Å². The Bertz CT molecular complexity index is 346. The first-order chi connectivity index (χ1) is 6.77. The molecule has 0 aromatic carbocycles. The van der Waals surface area contributed by atoms with E-state index in [2.05, 4.69) is 31.9 Å². The van der Waals surface area contributed by atoms with Crippen molar-refractivity contribution in [1.29, 1.82) is 0 Å². The molecule has 3 nitrogen and oxygen atoms in total. The maximum absolute atomic E-state index is 5.78. The van der Waals surface area contributed by atoms with Crippen LogP contribution in [0.1, 0.15) is 31.7 Å². The molecule has 76 valence electrons. The standard InChI is InChI=1S/C10H13BrN2O/c11-8-6-12-13(7-8)9-1-4-14-10(5-9)2-3-10/h6-7,9H,1-5H2. The lowest BCUT2D eigenvalue weighted by atomic mass is 10.0. The number of aromatic nitrogens is 2. The monoisotopic (exact) mass is 256 g/mol. The van der Waals surface area contributed by atoms with Gasteiger partial charge in [-0.1, -0.05) is 0 Å². The highest BCUT2D eigenvalue weighted by molar-refractivity contribution is 9.10. The summed E-state index contributed by atoms with van der Waals surface area (Å²) < 4.78 is 8.92. The van der Waals surface area contributed by atoms with Crippen LogP contribution < -0.4 is 0 Å². The van der Waals surface area contributed by atoms with Crippen LogP contribution in [0, 0.1) is 0 Å². The average molecular weight is 257 g/mol. The molecule has 14 heavy (non-hydrogen) atoms. The smallest absolute Gasteiger partial charge is 0.0705 e. The summed E-state index contributed by atoms with van der Waals surface area (Å²) in [4.78, 5) is 0. The summed E-state index contributed by atoms with van der Waals surface area (Å²) in [5.74, 6) is 0. The number of halogens is 1. The molecule has 0 amide bonds. The van der Waals surface area contributed by atoms with Crippen molar-refractivity contribution >= 4 is 15.9 Å². The van der Waals surface area contributed by atoms with Crippen molar-refractivity contribution in [2.75, 3.05) is 6.61 Å². The molecule has 2 heterocycles. The minimum absolute atomic E-state index is 0.237. The number of hydrogen-bond donors (Lipinski definition) is 0. The molecule has 1 aliphatic carbocycles. The Labute approximate surface area is 91.6 Å². The first-order valence-corrected chi connectivity index (χ1v) is 5.90. The Morgan fingerprint density at radius 3 is 3.07 bits per heavy atom. The molecule has 4 heteroatoms. The van der Waals surface area contributed by atoms with Gasteiger partial charge in [0.05, 0.1) is 22.3 Å². The van der Waals surface area contributed by atoms with Gasteiger partial charge in [-0.15, -0.1) is 0 Å². The van der Waals surface area contributed by atoms with Crippen molar-refractivity contribution < 1.29 is 4.74 Å². The molecule has 0 bridgehead atoms. The number of rotatable bonds is 1. The lowest BCUT2D eigenvalue weighted by molar-refractivity contribution is -0.0269. The first kappa shape index (κ1) is 8.92. The fraction of sp³-hybridized carbons (Fsp3) is 0.700. The Morgan fingerprint density at radius 2 is 2.43 bits per heavy atom. The molecule has 0 N–H and O–H groups in total. The largest absolute Gasteiger partial charge is 0.375 e. The van der Waals surface area contributed by atoms with Crippen LogP contribution in [0.3, 0.4) is 0 Å². The summed E-state index contributed by atoms with van der Waals surface area (Å²) in [6.45, 7) is 0.891. The van der Waals surface area contributed by atoms with Gasteiger partial charge < -0.3 is 4.74 Å². The molecule has 2 aliphatic rings. The molecule has 0 radical (unpaired) electrons. The van der Waals surface area contributed by atoms with Crippen LogP contribution in [0.25, 0.3) is 0 Å². The van der Waals surface area contributed by atoms with Crippen LogP contribution in [0.4, 0.5) is 0 Å². The van der Waals surface area contributed by atoms with Crippen LogP contribution >= 0.6 is 15.9 Å². The Kier molecular flexibility index (Phi) is 1.96. The second kappa shape index (κ2) is 3.07. The molecular formula is C10H13BrN2O. The van der Waals surface area contributed by atoms with Crippen LogP contribution in [-0.2, 0) is 4.74 Å². The van der Waals surface area contributed by atoms with Gasteiger partial charge in [0.15, 0.2) is 0 Å². The van der Waals surface area contributed by atoms with Gasteiger partial charge in [-0.2, -0.15) is 5.10 Å². The van der Waals surface area contributed by atoms with E-state index in [1.165, 1.54) is 12.8 Å². The van der Waals surface area contributed by atoms with Gasteiger partial charge in [0, 0.05) is 12.8 Å². The van der Waals surface area contributed by atoms with E-state index in [0.717, 1.165) is 23.9 Å². The Balaban J connectivity index is 1.78. The van der Waals surface area contributed by atoms with Gasteiger partial charge in [-0.25, -0.2) is 0 Å². The quantitative estimate of drug-likeness (QED) is 0.773. The van der Waals surface area contributed by atoms with Crippen molar-refractivity contribution in [1.82, 2.24) is 9.78 Å². The van der Waals surface area contributed by atoms with Crippen LogP contribution in [0.2, 0.25) is 0 Å². The zero-order valence-electron chi connectivity index (χ0n) is 7.95. The number of ether oxygens (including phenoxy) is 1. The van der Waals surface area contributed by atoms with E-state index >= 15 is 0 Å². The molecule has 1 saturated carbocycles. The molecular weight excluding hydrogens is 244 g/mol. The number of hydrogen-bond acceptors (Lipinski definition) is 2. The molecule has 1 unspecified atom stereocenters. The molecule has 3 rings (SSSR count). The maximum Gasteiger partial charge on any atom is 0.0705 e. The van der Waals surface area contributed by atoms with E-state index in [1.807, 2.05) is 6.20 Å². The Hall–Kier alpha value is -0.350. The summed E-state index contributed by atoms with van der Waals surface area (Å²) in [5.41, 5.74) is 0.237. The minimum Gasteiger partial charge on any atom is -0.375 e. The molecule has 2 fully saturated rings. The normalized spacial score (nSPS) is 29.4. The van der Waals surface area contributed by atoms with Gasteiger partial charge in [-0.3, -0.25) is 4.68 Å². The third-order valence-electron chi connectivity index (χ3n) is 3.22. The SMILES string of the molecule is Brc1cnn(C2CCOC3(CC3)C2)c1. The summed E-state index contributed by atoms with van der Waals surface area (Å²) in [6, 6.07) is 0.539. The molecule has 1 atom stereocenters. The first-order valence-electron chi connectivity index (χ1n) is 5.11. The van der Waals surface area contributed by atoms with Crippen molar-refractivity contribution in [3.8, 4) is 0 Å². The highest BCUT2D eigenvalue weighted by atomic mass is 79.9. The van der Waals surface area contributed by atoms with Crippen LogP contribution in [0.15, 0.2) is 16.9 Å². The minimum atomic E-state index is 0.237. The van der Waals surface area contributed by atoms with E-state index in [0.29, 0.717) is 6.04 Å². The van der Waals surface area contributed by atoms with E-state index < -0.39 is 0 Å². The predicted molar refractivity (Wildman–Crippen MR) is 56.1 cm³/mol. The highest BCUT2D eigenvalue weighted by Crippen LogP contribution is 2.49. The fourth-order valence-corrected chi connectivity index (χ4v) is 2.53. The van der Waals surface area contributed by atoms with Gasteiger partial charge in [-0.05, 0) is 41.6 Å². The molecule has 1 saturated heterocycles. The molecule has 1 aliphatic heterocycles. The maximum atomic E-state index is 5.78. The third kappa shape index (κ3) is 1.50. The van der Waals surface area contributed by atoms with Crippen LogP contribution in [-0.4, -0.2) is 22.0 Å². The fourth-order valence-electron chi connectivity index (χ4n) is 2.23. The van der Waals surface area contributed by atoms with Gasteiger partial charge in [0.2, 0.25) is 0 Å².